The van der Waals surface area contributed by atoms with Crippen LogP contribution in [0.5, 0.6) is 0 Å². The lowest BCUT2D eigenvalue weighted by Gasteiger charge is -2.25. The van der Waals surface area contributed by atoms with E-state index in [9.17, 15) is 9.90 Å². The first-order valence-electron chi connectivity index (χ1n) is 10.6. The Hall–Kier alpha value is -1.35. The van der Waals surface area contributed by atoms with E-state index in [1.165, 1.54) is 38.5 Å². The van der Waals surface area contributed by atoms with Gasteiger partial charge >= 0.3 is 5.97 Å². The number of hydrogen-bond acceptors (Lipinski definition) is 2. The van der Waals surface area contributed by atoms with Crippen molar-refractivity contribution in [3.05, 3.63) is 35.9 Å². The van der Waals surface area contributed by atoms with Gasteiger partial charge in [0.1, 0.15) is 0 Å². The molecular weight excluding hydrogens is 324 g/mol. The maximum absolute atomic E-state index is 11.9. The zero-order chi connectivity index (χ0) is 19.0. The number of aliphatic carboxylic acids is 1. The Balaban J connectivity index is 2.60. The molecule has 1 rings (SSSR count). The summed E-state index contributed by atoms with van der Waals surface area (Å²) in [7, 11) is 0. The quantitative estimate of drug-likeness (QED) is 0.337. The van der Waals surface area contributed by atoms with Crippen molar-refractivity contribution < 1.29 is 14.6 Å². The molecule has 3 nitrogen and oxygen atoms in total. The van der Waals surface area contributed by atoms with Crippen LogP contribution in [0.1, 0.15) is 90.0 Å². The second-order valence-corrected chi connectivity index (χ2v) is 7.33. The van der Waals surface area contributed by atoms with Gasteiger partial charge in [-0.3, -0.25) is 4.79 Å². The fraction of sp³-hybridized carbons (Fsp3) is 0.696. The van der Waals surface area contributed by atoms with E-state index >= 15 is 0 Å². The first-order valence-corrected chi connectivity index (χ1v) is 10.6. The summed E-state index contributed by atoms with van der Waals surface area (Å²) in [4.78, 5) is 11.9. The van der Waals surface area contributed by atoms with Gasteiger partial charge in [-0.05, 0) is 18.4 Å². The summed E-state index contributed by atoms with van der Waals surface area (Å²) >= 11 is 0. The van der Waals surface area contributed by atoms with E-state index in [0.717, 1.165) is 37.7 Å². The smallest absolute Gasteiger partial charge is 0.309 e. The molecule has 1 aromatic carbocycles. The number of ether oxygens (including phenoxy) is 1. The van der Waals surface area contributed by atoms with Crippen molar-refractivity contribution in [3.8, 4) is 0 Å². The third-order valence-electron chi connectivity index (χ3n) is 5.03. The van der Waals surface area contributed by atoms with Gasteiger partial charge in [0.2, 0.25) is 0 Å². The molecule has 1 aromatic rings. The predicted molar refractivity (Wildman–Crippen MR) is 108 cm³/mol. The number of carbonyl (C=O) groups is 1. The first-order chi connectivity index (χ1) is 12.7. The Bertz CT molecular complexity index is 458. The fourth-order valence-electron chi connectivity index (χ4n) is 3.39. The summed E-state index contributed by atoms with van der Waals surface area (Å²) in [6.07, 6.45) is 11.8. The van der Waals surface area contributed by atoms with Crippen LogP contribution < -0.4 is 0 Å². The number of unbranched alkanes of at least 4 members (excludes halogenated alkanes) is 7. The van der Waals surface area contributed by atoms with Gasteiger partial charge in [0.15, 0.2) is 0 Å². The molecule has 2 unspecified atom stereocenters. The van der Waals surface area contributed by atoms with Crippen LogP contribution in [0.2, 0.25) is 0 Å². The average molecular weight is 363 g/mol. The van der Waals surface area contributed by atoms with Crippen LogP contribution in [-0.4, -0.2) is 17.2 Å². The van der Waals surface area contributed by atoms with Crippen LogP contribution in [0.25, 0.3) is 0 Å². The van der Waals surface area contributed by atoms with Crippen molar-refractivity contribution in [2.24, 2.45) is 5.92 Å². The van der Waals surface area contributed by atoms with Gasteiger partial charge in [-0.1, -0.05) is 102 Å². The molecule has 0 aliphatic carbocycles. The van der Waals surface area contributed by atoms with Gasteiger partial charge in [-0.15, -0.1) is 0 Å². The Morgan fingerprint density at radius 1 is 0.885 bits per heavy atom. The first kappa shape index (κ1) is 22.7. The van der Waals surface area contributed by atoms with Gasteiger partial charge in [-0.25, -0.2) is 0 Å². The number of benzene rings is 1. The van der Waals surface area contributed by atoms with Gasteiger partial charge in [-0.2, -0.15) is 0 Å². The zero-order valence-electron chi connectivity index (χ0n) is 16.8. The highest BCUT2D eigenvalue weighted by Crippen LogP contribution is 2.24. The van der Waals surface area contributed by atoms with Crippen LogP contribution in [-0.2, 0) is 16.1 Å². The minimum Gasteiger partial charge on any atom is -0.481 e. The predicted octanol–water partition coefficient (Wildman–Crippen LogP) is 6.60. The molecule has 0 saturated heterocycles. The van der Waals surface area contributed by atoms with E-state index in [1.807, 2.05) is 30.3 Å². The molecule has 0 heterocycles. The molecule has 0 spiro atoms. The highest BCUT2D eigenvalue weighted by atomic mass is 16.5. The van der Waals surface area contributed by atoms with Crippen molar-refractivity contribution in [2.45, 2.75) is 97.2 Å². The third-order valence-corrected chi connectivity index (χ3v) is 5.03. The van der Waals surface area contributed by atoms with Crippen LogP contribution >= 0.6 is 0 Å². The lowest BCUT2D eigenvalue weighted by atomic mass is 9.91. The number of carboxylic acids is 1. The van der Waals surface area contributed by atoms with Gasteiger partial charge in [0.25, 0.3) is 0 Å². The molecule has 0 amide bonds. The van der Waals surface area contributed by atoms with E-state index in [2.05, 4.69) is 13.8 Å². The van der Waals surface area contributed by atoms with E-state index in [-0.39, 0.29) is 12.0 Å². The average Bonchev–Trinajstić information content (AvgIpc) is 2.65. The van der Waals surface area contributed by atoms with Crippen LogP contribution in [0.3, 0.4) is 0 Å². The molecule has 2 atom stereocenters. The van der Waals surface area contributed by atoms with Crippen LogP contribution in [0.4, 0.5) is 0 Å². The van der Waals surface area contributed by atoms with E-state index in [1.54, 1.807) is 0 Å². The molecule has 148 valence electrons. The topological polar surface area (TPSA) is 46.5 Å². The molecule has 0 fully saturated rings. The normalized spacial score (nSPS) is 13.5. The molecule has 1 N–H and O–H groups in total. The van der Waals surface area contributed by atoms with Crippen LogP contribution in [0.15, 0.2) is 30.3 Å². The van der Waals surface area contributed by atoms with Gasteiger partial charge in [0.05, 0.1) is 18.6 Å². The summed E-state index contributed by atoms with van der Waals surface area (Å²) in [5.74, 6) is -1.09. The van der Waals surface area contributed by atoms with Gasteiger partial charge in [0, 0.05) is 0 Å². The van der Waals surface area contributed by atoms with Gasteiger partial charge < -0.3 is 9.84 Å². The summed E-state index contributed by atoms with van der Waals surface area (Å²) in [6.45, 7) is 4.89. The van der Waals surface area contributed by atoms with Crippen molar-refractivity contribution in [1.82, 2.24) is 0 Å². The zero-order valence-corrected chi connectivity index (χ0v) is 16.8. The Morgan fingerprint density at radius 2 is 1.46 bits per heavy atom. The second kappa shape index (κ2) is 14.8. The third kappa shape index (κ3) is 9.96. The molecule has 26 heavy (non-hydrogen) atoms. The molecule has 0 aliphatic rings. The maximum Gasteiger partial charge on any atom is 0.309 e. The standard InChI is InChI=1S/C23H38O3/c1-3-5-7-9-14-18-22(26-19-20-15-11-10-12-16-20)21(23(24)25)17-13-8-6-4-2/h10-12,15-16,21-22H,3-9,13-14,17-19H2,1-2H3,(H,24,25). The Labute approximate surface area is 160 Å². The molecule has 0 aromatic heterocycles. The number of carboxylic acid groups (broad SMARTS) is 1. The summed E-state index contributed by atoms with van der Waals surface area (Å²) in [5.41, 5.74) is 1.11. The minimum absolute atomic E-state index is 0.184. The highest BCUT2D eigenvalue weighted by molar-refractivity contribution is 5.70. The minimum atomic E-state index is -0.701. The van der Waals surface area contributed by atoms with E-state index in [0.29, 0.717) is 6.61 Å². The van der Waals surface area contributed by atoms with Crippen molar-refractivity contribution in [2.75, 3.05) is 0 Å². The summed E-state index contributed by atoms with van der Waals surface area (Å²) in [5, 5.41) is 9.76. The number of hydrogen-bond donors (Lipinski definition) is 1. The second-order valence-electron chi connectivity index (χ2n) is 7.33. The maximum atomic E-state index is 11.9. The largest absolute Gasteiger partial charge is 0.481 e. The molecule has 0 bridgehead atoms. The van der Waals surface area contributed by atoms with Crippen molar-refractivity contribution >= 4 is 5.97 Å². The molecule has 0 saturated carbocycles. The fourth-order valence-corrected chi connectivity index (χ4v) is 3.39. The molecule has 0 aliphatic heterocycles. The Morgan fingerprint density at radius 3 is 2.08 bits per heavy atom. The summed E-state index contributed by atoms with van der Waals surface area (Å²) in [6, 6.07) is 10.1. The lowest BCUT2D eigenvalue weighted by Crippen LogP contribution is -2.31. The summed E-state index contributed by atoms with van der Waals surface area (Å²) < 4.78 is 6.13. The Kier molecular flexibility index (Phi) is 12.9. The SMILES string of the molecule is CCCCCCCC(OCc1ccccc1)C(CCCCCC)C(=O)O. The highest BCUT2D eigenvalue weighted by Gasteiger charge is 2.28. The van der Waals surface area contributed by atoms with Crippen LogP contribution in [0, 0.1) is 5.92 Å². The van der Waals surface area contributed by atoms with Crippen molar-refractivity contribution in [3.63, 3.8) is 0 Å². The number of rotatable bonds is 16. The van der Waals surface area contributed by atoms with E-state index in [4.69, 9.17) is 4.74 Å². The van der Waals surface area contributed by atoms with E-state index < -0.39 is 5.97 Å². The molecule has 0 radical (unpaired) electrons. The molecular formula is C23H38O3. The molecule has 3 heteroatoms. The lowest BCUT2D eigenvalue weighted by molar-refractivity contribution is -0.149. The van der Waals surface area contributed by atoms with Crippen molar-refractivity contribution in [1.29, 1.82) is 0 Å². The monoisotopic (exact) mass is 362 g/mol.